The number of rotatable bonds is 17. The minimum atomic E-state index is -0.493. The standard InChI is InChI=1S/C40H37NO12/c1-46-30-23-32(47-2)36-33(24-30)53-38(27-21-34(48-3)39(50-5)35(22-27)49-4)40(37(36)43)52-19-9-18-51-31-13-7-6-11-26(31)15-17-29(42)16-14-25-10-8-12-28(20-25)41(44)45/h6-8,10-17,20-24H,9,18-19H2,1-5H3/b16-14+,17-15+. The molecule has 1 heterocycles. The van der Waals surface area contributed by atoms with Crippen LogP contribution in [0.1, 0.15) is 17.5 Å². The maximum atomic E-state index is 14.1. The zero-order chi connectivity index (χ0) is 37.9. The number of para-hydroxylation sites is 1. The van der Waals surface area contributed by atoms with E-state index in [-0.39, 0.29) is 52.9 Å². The summed E-state index contributed by atoms with van der Waals surface area (Å²) in [6.45, 7) is 0.287. The minimum absolute atomic E-state index is 0.0600. The Balaban J connectivity index is 1.34. The van der Waals surface area contributed by atoms with Crippen LogP contribution in [0.4, 0.5) is 5.69 Å². The number of benzene rings is 4. The first-order chi connectivity index (χ1) is 25.7. The summed E-state index contributed by atoms with van der Waals surface area (Å²) in [5.41, 5.74) is 1.31. The number of allylic oxidation sites excluding steroid dienone is 2. The van der Waals surface area contributed by atoms with Gasteiger partial charge in [-0.1, -0.05) is 36.4 Å². The summed E-state index contributed by atoms with van der Waals surface area (Å²) in [4.78, 5) is 37.1. The molecule has 0 unspecified atom stereocenters. The van der Waals surface area contributed by atoms with Gasteiger partial charge in [0.2, 0.25) is 16.9 Å². The molecule has 274 valence electrons. The van der Waals surface area contributed by atoms with E-state index >= 15 is 0 Å². The number of hydrogen-bond acceptors (Lipinski definition) is 12. The van der Waals surface area contributed by atoms with E-state index in [4.69, 9.17) is 37.6 Å². The molecule has 1 aromatic heterocycles. The average molecular weight is 724 g/mol. The van der Waals surface area contributed by atoms with Gasteiger partial charge < -0.3 is 37.6 Å². The largest absolute Gasteiger partial charge is 0.496 e. The number of non-ortho nitro benzene ring substituents is 1. The molecule has 0 radical (unpaired) electrons. The Hall–Kier alpha value is -6.76. The highest BCUT2D eigenvalue weighted by Gasteiger charge is 2.24. The van der Waals surface area contributed by atoms with E-state index in [1.807, 2.05) is 6.07 Å². The van der Waals surface area contributed by atoms with Crippen molar-refractivity contribution in [2.45, 2.75) is 6.42 Å². The van der Waals surface area contributed by atoms with E-state index in [0.717, 1.165) is 0 Å². The number of ether oxygens (including phenoxy) is 7. The van der Waals surface area contributed by atoms with Crippen LogP contribution in [0.3, 0.4) is 0 Å². The minimum Gasteiger partial charge on any atom is -0.496 e. The lowest BCUT2D eigenvalue weighted by Gasteiger charge is -2.17. The topological polar surface area (TPSA) is 155 Å². The molecule has 13 heteroatoms. The lowest BCUT2D eigenvalue weighted by Crippen LogP contribution is -2.14. The zero-order valence-corrected chi connectivity index (χ0v) is 29.7. The number of nitro benzene ring substituents is 1. The molecule has 53 heavy (non-hydrogen) atoms. The monoisotopic (exact) mass is 723 g/mol. The van der Waals surface area contributed by atoms with Gasteiger partial charge in [0.15, 0.2) is 23.0 Å². The number of nitro groups is 1. The third kappa shape index (κ3) is 8.76. The maximum Gasteiger partial charge on any atom is 0.270 e. The van der Waals surface area contributed by atoms with Crippen LogP contribution in [-0.4, -0.2) is 59.5 Å². The molecule has 0 spiro atoms. The van der Waals surface area contributed by atoms with Crippen LogP contribution in [0, 0.1) is 10.1 Å². The average Bonchev–Trinajstić information content (AvgIpc) is 3.18. The molecule has 0 atom stereocenters. The highest BCUT2D eigenvalue weighted by molar-refractivity contribution is 6.04. The van der Waals surface area contributed by atoms with E-state index in [0.29, 0.717) is 51.9 Å². The smallest absolute Gasteiger partial charge is 0.270 e. The Morgan fingerprint density at radius 3 is 2.11 bits per heavy atom. The molecular formula is C40H37NO12. The number of nitrogens with zero attached hydrogens (tertiary/aromatic N) is 1. The fraction of sp³-hybridized carbons (Fsp3) is 0.200. The molecule has 4 aromatic carbocycles. The first kappa shape index (κ1) is 37.5. The van der Waals surface area contributed by atoms with Gasteiger partial charge in [-0.3, -0.25) is 19.7 Å². The van der Waals surface area contributed by atoms with Gasteiger partial charge in [0.25, 0.3) is 5.69 Å². The van der Waals surface area contributed by atoms with Crippen LogP contribution in [-0.2, 0) is 4.79 Å². The highest BCUT2D eigenvalue weighted by atomic mass is 16.6. The van der Waals surface area contributed by atoms with Gasteiger partial charge >= 0.3 is 0 Å². The number of fused-ring (bicyclic) bond motifs is 1. The molecule has 0 aliphatic carbocycles. The molecule has 0 fully saturated rings. The van der Waals surface area contributed by atoms with Crippen molar-refractivity contribution >= 4 is 34.6 Å². The fourth-order valence-corrected chi connectivity index (χ4v) is 5.37. The summed E-state index contributed by atoms with van der Waals surface area (Å²) in [6.07, 6.45) is 6.22. The van der Waals surface area contributed by atoms with Gasteiger partial charge in [-0.05, 0) is 42.0 Å². The van der Waals surface area contributed by atoms with Crippen molar-refractivity contribution in [1.29, 1.82) is 0 Å². The Labute approximate surface area is 304 Å². The molecular weight excluding hydrogens is 686 g/mol. The molecule has 0 aliphatic rings. The normalized spacial score (nSPS) is 11.1. The summed E-state index contributed by atoms with van der Waals surface area (Å²) in [7, 11) is 7.39. The first-order valence-corrected chi connectivity index (χ1v) is 16.2. The number of carbonyl (C=O) groups excluding carboxylic acids is 1. The third-order valence-electron chi connectivity index (χ3n) is 7.93. The Bertz CT molecular complexity index is 2210. The van der Waals surface area contributed by atoms with E-state index < -0.39 is 10.4 Å². The van der Waals surface area contributed by atoms with Crippen molar-refractivity contribution in [1.82, 2.24) is 0 Å². The SMILES string of the molecule is COc1cc(OC)c2c(=O)c(OCCCOc3ccccc3/C=C/C(=O)/C=C/c3cccc([N+](=O)[O-])c3)c(-c3cc(OC)c(OC)c(OC)c3)oc2c1. The number of carbonyl (C=O) groups is 1. The van der Waals surface area contributed by atoms with Crippen molar-refractivity contribution in [3.8, 4) is 51.6 Å². The number of hydrogen-bond donors (Lipinski definition) is 0. The van der Waals surface area contributed by atoms with Crippen molar-refractivity contribution in [2.75, 3.05) is 48.8 Å². The predicted octanol–water partition coefficient (Wildman–Crippen LogP) is 7.55. The Morgan fingerprint density at radius 1 is 0.736 bits per heavy atom. The molecule has 0 saturated carbocycles. The van der Waals surface area contributed by atoms with Crippen molar-refractivity contribution < 1.29 is 47.3 Å². The summed E-state index contributed by atoms with van der Waals surface area (Å²) in [5, 5.41) is 11.2. The van der Waals surface area contributed by atoms with Gasteiger partial charge in [-0.2, -0.15) is 0 Å². The summed E-state index contributed by atoms with van der Waals surface area (Å²) in [5.74, 6) is 2.01. The van der Waals surface area contributed by atoms with E-state index in [1.54, 1.807) is 60.7 Å². The van der Waals surface area contributed by atoms with Crippen LogP contribution in [0.5, 0.6) is 40.2 Å². The van der Waals surface area contributed by atoms with Crippen LogP contribution in [0.2, 0.25) is 0 Å². The molecule has 0 bridgehead atoms. The molecule has 5 rings (SSSR count). The summed E-state index contributed by atoms with van der Waals surface area (Å²) >= 11 is 0. The summed E-state index contributed by atoms with van der Waals surface area (Å²) < 4.78 is 45.9. The van der Waals surface area contributed by atoms with E-state index in [1.165, 1.54) is 65.9 Å². The number of ketones is 1. The second-order valence-corrected chi connectivity index (χ2v) is 11.2. The van der Waals surface area contributed by atoms with Crippen LogP contribution in [0.25, 0.3) is 34.4 Å². The lowest BCUT2D eigenvalue weighted by molar-refractivity contribution is -0.384. The first-order valence-electron chi connectivity index (χ1n) is 16.2. The van der Waals surface area contributed by atoms with Gasteiger partial charge in [0.05, 0.1) is 53.7 Å². The van der Waals surface area contributed by atoms with Crippen molar-refractivity contribution in [3.63, 3.8) is 0 Å². The van der Waals surface area contributed by atoms with E-state index in [2.05, 4.69) is 0 Å². The molecule has 0 aliphatic heterocycles. The number of methoxy groups -OCH3 is 5. The second-order valence-electron chi connectivity index (χ2n) is 11.2. The summed E-state index contributed by atoms with van der Waals surface area (Å²) in [6, 6.07) is 19.6. The van der Waals surface area contributed by atoms with Crippen molar-refractivity contribution in [2.24, 2.45) is 0 Å². The second kappa shape index (κ2) is 17.4. The third-order valence-corrected chi connectivity index (χ3v) is 7.93. The van der Waals surface area contributed by atoms with Gasteiger partial charge in [-0.15, -0.1) is 0 Å². The highest BCUT2D eigenvalue weighted by Crippen LogP contribution is 2.44. The quantitative estimate of drug-likeness (QED) is 0.0402. The van der Waals surface area contributed by atoms with Gasteiger partial charge in [0.1, 0.15) is 28.2 Å². The molecule has 0 N–H and O–H groups in total. The Morgan fingerprint density at radius 2 is 1.43 bits per heavy atom. The lowest BCUT2D eigenvalue weighted by atomic mass is 10.1. The van der Waals surface area contributed by atoms with Crippen molar-refractivity contribution in [3.05, 3.63) is 116 Å². The van der Waals surface area contributed by atoms with E-state index in [9.17, 15) is 19.7 Å². The van der Waals surface area contributed by atoms with Crippen LogP contribution < -0.4 is 38.6 Å². The van der Waals surface area contributed by atoms with Crippen LogP contribution >= 0.6 is 0 Å². The fourth-order valence-electron chi connectivity index (χ4n) is 5.37. The maximum absolute atomic E-state index is 14.1. The Kier molecular flexibility index (Phi) is 12.3. The molecule has 0 amide bonds. The van der Waals surface area contributed by atoms with Gasteiger partial charge in [-0.25, -0.2) is 0 Å². The zero-order valence-electron chi connectivity index (χ0n) is 29.7. The van der Waals surface area contributed by atoms with Gasteiger partial charge in [0, 0.05) is 41.8 Å². The molecule has 5 aromatic rings. The molecule has 0 saturated heterocycles. The molecule has 13 nitrogen and oxygen atoms in total. The predicted molar refractivity (Wildman–Crippen MR) is 199 cm³/mol. The van der Waals surface area contributed by atoms with Crippen LogP contribution in [0.15, 0.2) is 94.2 Å².